The molecule has 1 heterocycles. The van der Waals surface area contributed by atoms with Crippen molar-refractivity contribution in [1.82, 2.24) is 4.98 Å². The van der Waals surface area contributed by atoms with E-state index < -0.39 is 0 Å². The van der Waals surface area contributed by atoms with E-state index in [0.29, 0.717) is 11.2 Å². The molecule has 0 aliphatic heterocycles. The Bertz CT molecular complexity index is 525. The third-order valence-electron chi connectivity index (χ3n) is 1.98. The van der Waals surface area contributed by atoms with Gasteiger partial charge in [0.15, 0.2) is 0 Å². The maximum atomic E-state index is 13.3. The maximum Gasteiger partial charge on any atom is 0.222 e. The number of benzene rings is 1. The molecule has 3 nitrogen and oxygen atoms in total. The van der Waals surface area contributed by atoms with E-state index >= 15 is 0 Å². The number of fused-ring (bicyclic) bond motifs is 1. The van der Waals surface area contributed by atoms with Gasteiger partial charge in [-0.1, -0.05) is 12.1 Å². The summed E-state index contributed by atoms with van der Waals surface area (Å²) in [7, 11) is 0. The Balaban J connectivity index is 2.54. The van der Waals surface area contributed by atoms with E-state index in [0.717, 1.165) is 0 Å². The predicted molar refractivity (Wildman–Crippen MR) is 56.0 cm³/mol. The smallest absolute Gasteiger partial charge is 0.222 e. The number of nitrogens with zero attached hydrogens (tertiary/aromatic N) is 1. The van der Waals surface area contributed by atoms with Crippen molar-refractivity contribution in [3.05, 3.63) is 36.1 Å². The van der Waals surface area contributed by atoms with Crippen LogP contribution in [0.3, 0.4) is 0 Å². The minimum atomic E-state index is -0.389. The zero-order valence-electron chi connectivity index (χ0n) is 8.12. The highest BCUT2D eigenvalue weighted by molar-refractivity contribution is 5.89. The van der Waals surface area contributed by atoms with Crippen molar-refractivity contribution >= 4 is 22.6 Å². The van der Waals surface area contributed by atoms with E-state index in [1.54, 1.807) is 24.3 Å². The molecule has 0 saturated heterocycles. The van der Waals surface area contributed by atoms with Gasteiger partial charge in [-0.25, -0.2) is 9.37 Å². The molecule has 1 N–H and O–H groups in total. The Morgan fingerprint density at radius 2 is 2.13 bits per heavy atom. The van der Waals surface area contributed by atoms with Gasteiger partial charge < -0.3 is 5.32 Å². The lowest BCUT2D eigenvalue weighted by atomic mass is 10.2. The van der Waals surface area contributed by atoms with E-state index in [2.05, 4.69) is 10.3 Å². The van der Waals surface area contributed by atoms with Crippen molar-refractivity contribution < 1.29 is 9.18 Å². The normalized spacial score (nSPS) is 10.3. The second kappa shape index (κ2) is 3.65. The molecule has 0 atom stereocenters. The number of nitrogens with one attached hydrogen (secondary N) is 1. The van der Waals surface area contributed by atoms with Gasteiger partial charge in [-0.05, 0) is 18.2 Å². The van der Waals surface area contributed by atoms with Crippen LogP contribution in [0.1, 0.15) is 6.92 Å². The van der Waals surface area contributed by atoms with Crippen molar-refractivity contribution in [1.29, 1.82) is 0 Å². The van der Waals surface area contributed by atoms with Gasteiger partial charge in [-0.3, -0.25) is 4.79 Å². The Morgan fingerprint density at radius 1 is 1.33 bits per heavy atom. The number of carbonyl (C=O) groups excluding carboxylic acids is 1. The molecule has 76 valence electrons. The Labute approximate surface area is 85.9 Å². The molecule has 4 heteroatoms. The number of carbonyl (C=O) groups is 1. The summed E-state index contributed by atoms with van der Waals surface area (Å²) in [5.41, 5.74) is 0.267. The van der Waals surface area contributed by atoms with Crippen molar-refractivity contribution in [3.8, 4) is 0 Å². The molecule has 0 spiro atoms. The number of pyridine rings is 1. The summed E-state index contributed by atoms with van der Waals surface area (Å²) >= 11 is 0. The van der Waals surface area contributed by atoms with E-state index in [1.165, 1.54) is 13.0 Å². The van der Waals surface area contributed by atoms with Crippen LogP contribution >= 0.6 is 0 Å². The van der Waals surface area contributed by atoms with E-state index in [-0.39, 0.29) is 17.2 Å². The molecule has 1 aromatic carbocycles. The van der Waals surface area contributed by atoms with Crippen molar-refractivity contribution in [2.75, 3.05) is 5.32 Å². The lowest BCUT2D eigenvalue weighted by Crippen LogP contribution is -2.07. The average molecular weight is 204 g/mol. The van der Waals surface area contributed by atoms with Gasteiger partial charge in [-0.2, -0.15) is 0 Å². The van der Waals surface area contributed by atoms with Gasteiger partial charge in [0.2, 0.25) is 5.91 Å². The molecule has 0 bridgehead atoms. The molecule has 2 rings (SSSR count). The number of hydrogen-bond donors (Lipinski definition) is 1. The van der Waals surface area contributed by atoms with Crippen LogP contribution in [-0.2, 0) is 4.79 Å². The zero-order chi connectivity index (χ0) is 10.8. The Morgan fingerprint density at radius 3 is 2.87 bits per heavy atom. The van der Waals surface area contributed by atoms with Gasteiger partial charge in [0, 0.05) is 12.3 Å². The molecule has 0 saturated carbocycles. The summed E-state index contributed by atoms with van der Waals surface area (Å²) in [5, 5.41) is 3.22. The highest BCUT2D eigenvalue weighted by atomic mass is 19.1. The standard InChI is InChI=1S/C11H9FN2O/c1-7(15)13-10-6-5-8-3-2-4-9(12)11(8)14-10/h2-6H,1H3,(H,13,14,15). The van der Waals surface area contributed by atoms with Crippen LogP contribution in [0.15, 0.2) is 30.3 Å². The fraction of sp³-hybridized carbons (Fsp3) is 0.0909. The van der Waals surface area contributed by atoms with Crippen LogP contribution in [0.4, 0.5) is 10.2 Å². The first-order valence-corrected chi connectivity index (χ1v) is 4.50. The minimum Gasteiger partial charge on any atom is -0.311 e. The highest BCUT2D eigenvalue weighted by Crippen LogP contribution is 2.17. The minimum absolute atomic E-state index is 0.224. The molecular weight excluding hydrogens is 195 g/mol. The van der Waals surface area contributed by atoms with Crippen LogP contribution < -0.4 is 5.32 Å². The third kappa shape index (κ3) is 1.93. The molecule has 2 aromatic rings. The number of aromatic nitrogens is 1. The summed E-state index contributed by atoms with van der Waals surface area (Å²) < 4.78 is 13.3. The van der Waals surface area contributed by atoms with Crippen LogP contribution in [-0.4, -0.2) is 10.9 Å². The lowest BCUT2D eigenvalue weighted by molar-refractivity contribution is -0.114. The topological polar surface area (TPSA) is 42.0 Å². The molecule has 15 heavy (non-hydrogen) atoms. The fourth-order valence-corrected chi connectivity index (χ4v) is 1.36. The molecule has 0 unspecified atom stereocenters. The molecule has 1 aromatic heterocycles. The van der Waals surface area contributed by atoms with Crippen LogP contribution in [0.5, 0.6) is 0 Å². The average Bonchev–Trinajstić information content (AvgIpc) is 2.18. The second-order valence-corrected chi connectivity index (χ2v) is 3.19. The number of rotatable bonds is 1. The van der Waals surface area contributed by atoms with Gasteiger partial charge >= 0.3 is 0 Å². The molecular formula is C11H9FN2O. The maximum absolute atomic E-state index is 13.3. The SMILES string of the molecule is CC(=O)Nc1ccc2cccc(F)c2n1. The van der Waals surface area contributed by atoms with Crippen LogP contribution in [0.2, 0.25) is 0 Å². The Hall–Kier alpha value is -1.97. The summed E-state index contributed by atoms with van der Waals surface area (Å²) in [6.07, 6.45) is 0. The summed E-state index contributed by atoms with van der Waals surface area (Å²) in [5.74, 6) is -0.252. The first-order chi connectivity index (χ1) is 7.16. The molecule has 0 radical (unpaired) electrons. The number of hydrogen-bond acceptors (Lipinski definition) is 2. The third-order valence-corrected chi connectivity index (χ3v) is 1.98. The summed E-state index contributed by atoms with van der Waals surface area (Å²) in [4.78, 5) is 14.8. The van der Waals surface area contributed by atoms with Crippen LogP contribution in [0, 0.1) is 5.82 Å². The Kier molecular flexibility index (Phi) is 2.33. The van der Waals surface area contributed by atoms with Crippen molar-refractivity contribution in [3.63, 3.8) is 0 Å². The summed E-state index contributed by atoms with van der Waals surface area (Å²) in [6, 6.07) is 8.09. The molecule has 0 aliphatic rings. The molecule has 0 fully saturated rings. The van der Waals surface area contributed by atoms with Crippen LogP contribution in [0.25, 0.3) is 10.9 Å². The first-order valence-electron chi connectivity index (χ1n) is 4.50. The number of anilines is 1. The number of halogens is 1. The lowest BCUT2D eigenvalue weighted by Gasteiger charge is -2.03. The second-order valence-electron chi connectivity index (χ2n) is 3.19. The van der Waals surface area contributed by atoms with E-state index in [1.807, 2.05) is 0 Å². The van der Waals surface area contributed by atoms with Gasteiger partial charge in [0.25, 0.3) is 0 Å². The number of para-hydroxylation sites is 1. The highest BCUT2D eigenvalue weighted by Gasteiger charge is 2.03. The number of amides is 1. The van der Waals surface area contributed by atoms with Gasteiger partial charge in [0.05, 0.1) is 0 Å². The first kappa shape index (κ1) is 9.58. The van der Waals surface area contributed by atoms with E-state index in [9.17, 15) is 9.18 Å². The van der Waals surface area contributed by atoms with Crippen molar-refractivity contribution in [2.45, 2.75) is 6.92 Å². The van der Waals surface area contributed by atoms with E-state index in [4.69, 9.17) is 0 Å². The largest absolute Gasteiger partial charge is 0.311 e. The predicted octanol–water partition coefficient (Wildman–Crippen LogP) is 2.33. The van der Waals surface area contributed by atoms with Crippen molar-refractivity contribution in [2.24, 2.45) is 0 Å². The monoisotopic (exact) mass is 204 g/mol. The zero-order valence-corrected chi connectivity index (χ0v) is 8.12. The van der Waals surface area contributed by atoms with Gasteiger partial charge in [-0.15, -0.1) is 0 Å². The summed E-state index contributed by atoms with van der Waals surface area (Å²) in [6.45, 7) is 1.38. The quantitative estimate of drug-likeness (QED) is 0.774. The molecule has 1 amide bonds. The van der Waals surface area contributed by atoms with Gasteiger partial charge in [0.1, 0.15) is 17.2 Å². The fourth-order valence-electron chi connectivity index (χ4n) is 1.36. The molecule has 0 aliphatic carbocycles.